The van der Waals surface area contributed by atoms with E-state index in [9.17, 15) is 14.3 Å². The average molecular weight is 541 g/mol. The number of aromatic amines is 1. The Kier molecular flexibility index (Phi) is 8.05. The number of halogens is 2. The molecular weight excluding hydrogens is 515 g/mol. The molecule has 0 amide bonds. The maximum Gasteiger partial charge on any atom is 0.321 e. The number of fused-ring (bicyclic) bond motifs is 1. The van der Waals surface area contributed by atoms with Gasteiger partial charge < -0.3 is 24.9 Å². The maximum atomic E-state index is 14.0. The van der Waals surface area contributed by atoms with Gasteiger partial charge in [0.1, 0.15) is 18.5 Å². The molecule has 0 saturated heterocycles. The normalized spacial score (nSPS) is 12.0. The number of rotatable bonds is 11. The summed E-state index contributed by atoms with van der Waals surface area (Å²) in [7, 11) is 0. The second-order valence-corrected chi connectivity index (χ2v) is 8.91. The Morgan fingerprint density at radius 2 is 1.89 bits per heavy atom. The van der Waals surface area contributed by atoms with Gasteiger partial charge in [-0.3, -0.25) is 4.79 Å². The Morgan fingerprint density at radius 1 is 1.11 bits per heavy atom. The number of hydrogen-bond acceptors (Lipinski definition) is 4. The number of nitrogens with one attached hydrogen (secondary N) is 2. The molecule has 0 aliphatic heterocycles. The maximum absolute atomic E-state index is 14.0. The second kappa shape index (κ2) is 11.4. The van der Waals surface area contributed by atoms with E-state index in [1.807, 2.05) is 49.5 Å². The zero-order valence-electron chi connectivity index (χ0n) is 19.2. The molecule has 6 nitrogen and oxygen atoms in total. The van der Waals surface area contributed by atoms with Gasteiger partial charge in [-0.05, 0) is 58.2 Å². The topological polar surface area (TPSA) is 83.6 Å². The molecule has 4 aromatic rings. The Labute approximate surface area is 211 Å². The van der Waals surface area contributed by atoms with E-state index >= 15 is 0 Å². The number of ether oxygens (including phenoxy) is 2. The van der Waals surface area contributed by atoms with Crippen molar-refractivity contribution in [2.75, 3.05) is 6.61 Å². The van der Waals surface area contributed by atoms with Gasteiger partial charge in [0.25, 0.3) is 0 Å². The first-order valence-corrected chi connectivity index (χ1v) is 12.1. The van der Waals surface area contributed by atoms with Gasteiger partial charge >= 0.3 is 5.97 Å². The zero-order valence-corrected chi connectivity index (χ0v) is 20.8. The molecule has 4 rings (SSSR count). The highest BCUT2D eigenvalue weighted by Gasteiger charge is 2.20. The van der Waals surface area contributed by atoms with Gasteiger partial charge in [-0.15, -0.1) is 0 Å². The number of aromatic nitrogens is 1. The first-order chi connectivity index (χ1) is 17.0. The van der Waals surface area contributed by atoms with Crippen LogP contribution in [0.4, 0.5) is 4.39 Å². The Balaban J connectivity index is 1.48. The minimum atomic E-state index is -0.927. The number of aliphatic carboxylic acids is 1. The van der Waals surface area contributed by atoms with Crippen LogP contribution >= 0.6 is 15.9 Å². The summed E-state index contributed by atoms with van der Waals surface area (Å²) in [5.74, 6) is -0.299. The number of H-pyrrole nitrogens is 1. The first kappa shape index (κ1) is 24.8. The molecule has 1 heterocycles. The summed E-state index contributed by atoms with van der Waals surface area (Å²) in [6.07, 6.45) is 2.19. The number of benzene rings is 3. The van der Waals surface area contributed by atoms with Crippen LogP contribution in [0.25, 0.3) is 10.9 Å². The summed E-state index contributed by atoms with van der Waals surface area (Å²) in [5.41, 5.74) is 3.18. The monoisotopic (exact) mass is 540 g/mol. The summed E-state index contributed by atoms with van der Waals surface area (Å²) in [4.78, 5) is 15.2. The van der Waals surface area contributed by atoms with Crippen molar-refractivity contribution in [3.63, 3.8) is 0 Å². The van der Waals surface area contributed by atoms with Crippen LogP contribution in [0.2, 0.25) is 0 Å². The van der Waals surface area contributed by atoms with Crippen molar-refractivity contribution in [3.8, 4) is 11.5 Å². The summed E-state index contributed by atoms with van der Waals surface area (Å²) in [5, 5.41) is 14.0. The molecule has 35 heavy (non-hydrogen) atoms. The number of carboxylic acids is 1. The van der Waals surface area contributed by atoms with Crippen LogP contribution in [0.15, 0.2) is 71.3 Å². The Hall–Kier alpha value is -3.36. The summed E-state index contributed by atoms with van der Waals surface area (Å²) in [6, 6.07) is 17.1. The quantitative estimate of drug-likeness (QED) is 0.223. The Bertz CT molecular complexity index is 1320. The summed E-state index contributed by atoms with van der Waals surface area (Å²) < 4.78 is 26.3. The van der Waals surface area contributed by atoms with Crippen molar-refractivity contribution in [1.29, 1.82) is 0 Å². The smallest absolute Gasteiger partial charge is 0.321 e. The zero-order chi connectivity index (χ0) is 24.8. The van der Waals surface area contributed by atoms with Crippen LogP contribution in [0.1, 0.15) is 23.6 Å². The van der Waals surface area contributed by atoms with Gasteiger partial charge in [0.15, 0.2) is 11.5 Å². The molecule has 1 aromatic heterocycles. The average Bonchev–Trinajstić information content (AvgIpc) is 3.25. The van der Waals surface area contributed by atoms with E-state index in [-0.39, 0.29) is 12.4 Å². The van der Waals surface area contributed by atoms with Crippen LogP contribution in [0, 0.1) is 5.82 Å². The van der Waals surface area contributed by atoms with Gasteiger partial charge in [-0.1, -0.05) is 36.4 Å². The van der Waals surface area contributed by atoms with E-state index in [1.165, 1.54) is 6.07 Å². The van der Waals surface area contributed by atoms with E-state index in [0.717, 1.165) is 22.0 Å². The van der Waals surface area contributed by atoms with Crippen molar-refractivity contribution < 1.29 is 23.8 Å². The molecule has 3 aromatic carbocycles. The van der Waals surface area contributed by atoms with Crippen LogP contribution in [0.5, 0.6) is 11.5 Å². The molecule has 1 atom stereocenters. The molecule has 1 unspecified atom stereocenters. The van der Waals surface area contributed by atoms with Crippen LogP contribution in [0.3, 0.4) is 0 Å². The summed E-state index contributed by atoms with van der Waals surface area (Å²) in [6.45, 7) is 2.64. The number of para-hydroxylation sites is 1. The van der Waals surface area contributed by atoms with Crippen LogP contribution < -0.4 is 14.8 Å². The highest BCUT2D eigenvalue weighted by molar-refractivity contribution is 9.10. The van der Waals surface area contributed by atoms with Crippen molar-refractivity contribution >= 4 is 32.8 Å². The molecule has 0 aliphatic rings. The minimum absolute atomic E-state index is 0.0503. The lowest BCUT2D eigenvalue weighted by atomic mass is 10.0. The molecule has 0 fully saturated rings. The molecule has 3 N–H and O–H groups in total. The third-order valence-corrected chi connectivity index (χ3v) is 6.24. The lowest BCUT2D eigenvalue weighted by Crippen LogP contribution is -2.38. The molecule has 0 radical (unpaired) electrons. The highest BCUT2D eigenvalue weighted by Crippen LogP contribution is 2.37. The Morgan fingerprint density at radius 3 is 2.66 bits per heavy atom. The lowest BCUT2D eigenvalue weighted by molar-refractivity contribution is -0.139. The first-order valence-electron chi connectivity index (χ1n) is 11.3. The van der Waals surface area contributed by atoms with Gasteiger partial charge in [-0.2, -0.15) is 0 Å². The largest absolute Gasteiger partial charge is 0.490 e. The van der Waals surface area contributed by atoms with Crippen molar-refractivity contribution in [3.05, 3.63) is 93.8 Å². The molecule has 0 aliphatic carbocycles. The molecule has 0 bridgehead atoms. The third-order valence-electron chi connectivity index (χ3n) is 5.65. The standard InChI is InChI=1S/C27H26BrFN2O4/c1-2-34-25-12-17(11-21(28)26(25)35-16-18-7-3-5-9-22(18)29)14-30-24(27(32)33)13-19-15-31-23-10-6-4-8-20(19)23/h3-12,15,24,30-31H,2,13-14,16H2,1H3,(H,32,33). The molecule has 0 saturated carbocycles. The molecular formula is C27H26BrFN2O4. The third kappa shape index (κ3) is 6.01. The van der Waals surface area contributed by atoms with Gasteiger partial charge in [0, 0.05) is 35.6 Å². The van der Waals surface area contributed by atoms with E-state index in [4.69, 9.17) is 9.47 Å². The lowest BCUT2D eigenvalue weighted by Gasteiger charge is -2.18. The van der Waals surface area contributed by atoms with Crippen LogP contribution in [-0.2, 0) is 24.4 Å². The van der Waals surface area contributed by atoms with E-state index in [1.54, 1.807) is 18.2 Å². The SMILES string of the molecule is CCOc1cc(CNC(Cc2c[nH]c3ccccc23)C(=O)O)cc(Br)c1OCc1ccccc1F. The van der Waals surface area contributed by atoms with Gasteiger partial charge in [-0.25, -0.2) is 4.39 Å². The minimum Gasteiger partial charge on any atom is -0.490 e. The highest BCUT2D eigenvalue weighted by atomic mass is 79.9. The number of carboxylic acid groups (broad SMARTS) is 1. The fourth-order valence-electron chi connectivity index (χ4n) is 3.90. The van der Waals surface area contributed by atoms with Crippen LogP contribution in [-0.4, -0.2) is 28.7 Å². The number of carbonyl (C=O) groups is 1. The van der Waals surface area contributed by atoms with Crippen molar-refractivity contribution in [2.45, 2.75) is 32.5 Å². The van der Waals surface area contributed by atoms with E-state index in [2.05, 4.69) is 26.2 Å². The van der Waals surface area contributed by atoms with E-state index in [0.29, 0.717) is 41.1 Å². The van der Waals surface area contributed by atoms with E-state index < -0.39 is 12.0 Å². The predicted octanol–water partition coefficient (Wildman–Crippen LogP) is 5.83. The van der Waals surface area contributed by atoms with Crippen molar-refractivity contribution in [1.82, 2.24) is 10.3 Å². The predicted molar refractivity (Wildman–Crippen MR) is 136 cm³/mol. The van der Waals surface area contributed by atoms with Gasteiger partial charge in [0.2, 0.25) is 0 Å². The number of hydrogen-bond donors (Lipinski definition) is 3. The summed E-state index contributed by atoms with van der Waals surface area (Å²) >= 11 is 3.52. The molecule has 0 spiro atoms. The fourth-order valence-corrected chi connectivity index (χ4v) is 4.50. The second-order valence-electron chi connectivity index (χ2n) is 8.05. The van der Waals surface area contributed by atoms with Crippen molar-refractivity contribution in [2.24, 2.45) is 0 Å². The van der Waals surface area contributed by atoms with Gasteiger partial charge in [0.05, 0.1) is 11.1 Å². The molecule has 182 valence electrons. The molecule has 8 heteroatoms. The fraction of sp³-hybridized carbons (Fsp3) is 0.222.